The van der Waals surface area contributed by atoms with Crippen molar-refractivity contribution < 1.29 is 9.53 Å². The lowest BCUT2D eigenvalue weighted by Gasteiger charge is -2.26. The standard InChI is InChI=1S/C22H24N2O2/c1-15-7-4-5-8-18(15)20-9-6-12-24(20)22(25)21-14-16-13-17(26-3)10-11-19(16)23(21)2/h4-5,7-8,10-11,13-14,20H,6,9,12H2,1-3H3/t20-/m1/s1. The van der Waals surface area contributed by atoms with Gasteiger partial charge in [-0.25, -0.2) is 0 Å². The number of fused-ring (bicyclic) bond motifs is 1. The Morgan fingerprint density at radius 1 is 1.15 bits per heavy atom. The van der Waals surface area contributed by atoms with Gasteiger partial charge in [0.15, 0.2) is 0 Å². The number of hydrogen-bond acceptors (Lipinski definition) is 2. The number of methoxy groups -OCH3 is 1. The number of benzene rings is 2. The van der Waals surface area contributed by atoms with Crippen molar-refractivity contribution in [2.45, 2.75) is 25.8 Å². The fourth-order valence-corrected chi connectivity index (χ4v) is 4.10. The molecule has 3 aromatic rings. The zero-order valence-electron chi connectivity index (χ0n) is 15.5. The zero-order chi connectivity index (χ0) is 18.3. The lowest BCUT2D eigenvalue weighted by Crippen LogP contribution is -2.32. The number of amides is 1. The molecule has 4 rings (SSSR count). The van der Waals surface area contributed by atoms with Crippen molar-refractivity contribution in [3.8, 4) is 5.75 Å². The molecule has 0 saturated carbocycles. The number of aryl methyl sites for hydroxylation is 2. The molecule has 0 bridgehead atoms. The van der Waals surface area contributed by atoms with Gasteiger partial charge in [-0.1, -0.05) is 24.3 Å². The van der Waals surface area contributed by atoms with Crippen molar-refractivity contribution in [1.29, 1.82) is 0 Å². The number of ether oxygens (including phenoxy) is 1. The van der Waals surface area contributed by atoms with E-state index in [1.807, 2.05) is 40.8 Å². The van der Waals surface area contributed by atoms with E-state index in [1.165, 1.54) is 11.1 Å². The molecule has 1 saturated heterocycles. The maximum absolute atomic E-state index is 13.4. The number of rotatable bonds is 3. The molecule has 1 atom stereocenters. The molecule has 2 heterocycles. The molecule has 0 spiro atoms. The van der Waals surface area contributed by atoms with Crippen LogP contribution in [-0.2, 0) is 7.05 Å². The first-order valence-electron chi connectivity index (χ1n) is 9.10. The highest BCUT2D eigenvalue weighted by Crippen LogP contribution is 2.35. The molecule has 134 valence electrons. The fraction of sp³-hybridized carbons (Fsp3) is 0.318. The Balaban J connectivity index is 1.72. The van der Waals surface area contributed by atoms with Gasteiger partial charge in [0.05, 0.1) is 13.2 Å². The minimum absolute atomic E-state index is 0.105. The van der Waals surface area contributed by atoms with E-state index in [0.29, 0.717) is 0 Å². The van der Waals surface area contributed by atoms with Gasteiger partial charge >= 0.3 is 0 Å². The van der Waals surface area contributed by atoms with E-state index in [2.05, 4.69) is 31.2 Å². The predicted octanol–water partition coefficient (Wildman–Crippen LogP) is 4.47. The number of nitrogens with zero attached hydrogens (tertiary/aromatic N) is 2. The van der Waals surface area contributed by atoms with E-state index in [4.69, 9.17) is 4.74 Å². The van der Waals surface area contributed by atoms with Crippen molar-refractivity contribution in [3.63, 3.8) is 0 Å². The van der Waals surface area contributed by atoms with Crippen LogP contribution in [0.1, 0.15) is 40.5 Å². The van der Waals surface area contributed by atoms with Gasteiger partial charge in [0.25, 0.3) is 5.91 Å². The average Bonchev–Trinajstić information content (AvgIpc) is 3.26. The second-order valence-corrected chi connectivity index (χ2v) is 7.03. The van der Waals surface area contributed by atoms with Crippen LogP contribution in [-0.4, -0.2) is 29.0 Å². The maximum Gasteiger partial charge on any atom is 0.271 e. The van der Waals surface area contributed by atoms with Gasteiger partial charge in [-0.15, -0.1) is 0 Å². The monoisotopic (exact) mass is 348 g/mol. The van der Waals surface area contributed by atoms with Crippen molar-refractivity contribution in [3.05, 3.63) is 65.4 Å². The third-order valence-electron chi connectivity index (χ3n) is 5.53. The molecular formula is C22H24N2O2. The Morgan fingerprint density at radius 2 is 1.96 bits per heavy atom. The topological polar surface area (TPSA) is 34.5 Å². The van der Waals surface area contributed by atoms with Crippen LogP contribution in [0.15, 0.2) is 48.5 Å². The van der Waals surface area contributed by atoms with Crippen molar-refractivity contribution in [1.82, 2.24) is 9.47 Å². The third-order valence-corrected chi connectivity index (χ3v) is 5.53. The molecule has 0 unspecified atom stereocenters. The first-order chi connectivity index (χ1) is 12.6. The maximum atomic E-state index is 13.4. The van der Waals surface area contributed by atoms with Gasteiger partial charge in [0, 0.05) is 24.5 Å². The Kier molecular flexibility index (Phi) is 4.19. The van der Waals surface area contributed by atoms with Gasteiger partial charge in [-0.2, -0.15) is 0 Å². The van der Waals surface area contributed by atoms with Crippen LogP contribution >= 0.6 is 0 Å². The van der Waals surface area contributed by atoms with Gasteiger partial charge in [0.2, 0.25) is 0 Å². The predicted molar refractivity (Wildman–Crippen MR) is 104 cm³/mol. The molecule has 4 nitrogen and oxygen atoms in total. The fourth-order valence-electron chi connectivity index (χ4n) is 4.10. The molecule has 4 heteroatoms. The van der Waals surface area contributed by atoms with Crippen LogP contribution in [0.25, 0.3) is 10.9 Å². The summed E-state index contributed by atoms with van der Waals surface area (Å²) in [7, 11) is 3.62. The highest BCUT2D eigenvalue weighted by atomic mass is 16.5. The van der Waals surface area contributed by atoms with Crippen LogP contribution < -0.4 is 4.74 Å². The highest BCUT2D eigenvalue weighted by Gasteiger charge is 2.32. The Labute approximate surface area is 154 Å². The molecule has 0 N–H and O–H groups in total. The Bertz CT molecular complexity index is 973. The summed E-state index contributed by atoms with van der Waals surface area (Å²) in [4.78, 5) is 15.4. The van der Waals surface area contributed by atoms with E-state index in [9.17, 15) is 4.79 Å². The molecular weight excluding hydrogens is 324 g/mol. The van der Waals surface area contributed by atoms with Gasteiger partial charge in [0.1, 0.15) is 11.4 Å². The van der Waals surface area contributed by atoms with Crippen molar-refractivity contribution >= 4 is 16.8 Å². The lowest BCUT2D eigenvalue weighted by atomic mass is 9.99. The Hall–Kier alpha value is -2.75. The molecule has 1 aliphatic rings. The summed E-state index contributed by atoms with van der Waals surface area (Å²) in [5.41, 5.74) is 4.28. The summed E-state index contributed by atoms with van der Waals surface area (Å²) in [5, 5.41) is 1.03. The molecule has 2 aromatic carbocycles. The van der Waals surface area contributed by atoms with Gasteiger partial charge < -0.3 is 14.2 Å². The number of likely N-dealkylation sites (tertiary alicyclic amines) is 1. The van der Waals surface area contributed by atoms with E-state index in [1.54, 1.807) is 7.11 Å². The minimum atomic E-state index is 0.105. The number of carbonyl (C=O) groups excluding carboxylic acids is 1. The van der Waals surface area contributed by atoms with Crippen LogP contribution in [0, 0.1) is 6.92 Å². The van der Waals surface area contributed by atoms with Crippen LogP contribution in [0.2, 0.25) is 0 Å². The number of hydrogen-bond donors (Lipinski definition) is 0. The third kappa shape index (κ3) is 2.66. The molecule has 1 aromatic heterocycles. The quantitative estimate of drug-likeness (QED) is 0.700. The SMILES string of the molecule is COc1ccc2c(c1)cc(C(=O)N1CCC[C@@H]1c1ccccc1C)n2C. The van der Waals surface area contributed by atoms with Gasteiger partial charge in [-0.3, -0.25) is 4.79 Å². The minimum Gasteiger partial charge on any atom is -0.497 e. The number of aromatic nitrogens is 1. The van der Waals surface area contributed by atoms with E-state index >= 15 is 0 Å². The van der Waals surface area contributed by atoms with Crippen LogP contribution in [0.3, 0.4) is 0 Å². The first-order valence-corrected chi connectivity index (χ1v) is 9.10. The van der Waals surface area contributed by atoms with Gasteiger partial charge in [-0.05, 0) is 55.2 Å². The zero-order valence-corrected chi connectivity index (χ0v) is 15.5. The molecule has 26 heavy (non-hydrogen) atoms. The summed E-state index contributed by atoms with van der Waals surface area (Å²) in [6.07, 6.45) is 2.07. The second kappa shape index (κ2) is 6.52. The summed E-state index contributed by atoms with van der Waals surface area (Å²) in [5.74, 6) is 0.912. The summed E-state index contributed by atoms with van der Waals surface area (Å²) < 4.78 is 7.31. The van der Waals surface area contributed by atoms with Crippen molar-refractivity contribution in [2.75, 3.05) is 13.7 Å². The van der Waals surface area contributed by atoms with E-state index in [-0.39, 0.29) is 11.9 Å². The van der Waals surface area contributed by atoms with Crippen molar-refractivity contribution in [2.24, 2.45) is 7.05 Å². The lowest BCUT2D eigenvalue weighted by molar-refractivity contribution is 0.0726. The molecule has 1 aliphatic heterocycles. The largest absolute Gasteiger partial charge is 0.497 e. The van der Waals surface area contributed by atoms with E-state index in [0.717, 1.165) is 41.7 Å². The summed E-state index contributed by atoms with van der Waals surface area (Å²) in [6, 6.07) is 16.5. The summed E-state index contributed by atoms with van der Waals surface area (Å²) >= 11 is 0. The summed E-state index contributed by atoms with van der Waals surface area (Å²) in [6.45, 7) is 2.93. The smallest absolute Gasteiger partial charge is 0.271 e. The molecule has 1 fully saturated rings. The second-order valence-electron chi connectivity index (χ2n) is 7.03. The first kappa shape index (κ1) is 16.7. The van der Waals surface area contributed by atoms with E-state index < -0.39 is 0 Å². The Morgan fingerprint density at radius 3 is 2.73 bits per heavy atom. The molecule has 0 aliphatic carbocycles. The average molecular weight is 348 g/mol. The number of carbonyl (C=O) groups is 1. The highest BCUT2D eigenvalue weighted by molar-refractivity contribution is 5.99. The van der Waals surface area contributed by atoms with Crippen LogP contribution in [0.5, 0.6) is 5.75 Å². The van der Waals surface area contributed by atoms with Crippen LogP contribution in [0.4, 0.5) is 0 Å². The molecule has 1 amide bonds. The normalized spacial score (nSPS) is 17.0. The molecule has 0 radical (unpaired) electrons.